The zero-order valence-electron chi connectivity index (χ0n) is 7.71. The predicted molar refractivity (Wildman–Crippen MR) is 49.0 cm³/mol. The summed E-state index contributed by atoms with van der Waals surface area (Å²) in [5.74, 6) is 0. The normalized spacial score (nSPS) is 39.3. The molecule has 2 saturated heterocycles. The van der Waals surface area contributed by atoms with Crippen LogP contribution in [-0.2, 0) is 0 Å². The molecule has 0 aromatic rings. The van der Waals surface area contributed by atoms with Crippen molar-refractivity contribution in [2.75, 3.05) is 19.7 Å². The number of fused-ring (bicyclic) bond motifs is 1. The summed E-state index contributed by atoms with van der Waals surface area (Å²) in [6.45, 7) is 4.71. The van der Waals surface area contributed by atoms with Gasteiger partial charge >= 0.3 is 0 Å². The summed E-state index contributed by atoms with van der Waals surface area (Å²) in [6, 6.07) is 0. The van der Waals surface area contributed by atoms with Gasteiger partial charge in [-0.2, -0.15) is 0 Å². The molecule has 2 aliphatic rings. The molecule has 68 valence electrons. The summed E-state index contributed by atoms with van der Waals surface area (Å²) < 4.78 is 0. The molecule has 1 N–H and O–H groups in total. The van der Waals surface area contributed by atoms with Crippen molar-refractivity contribution in [3.63, 3.8) is 0 Å². The van der Waals surface area contributed by atoms with Gasteiger partial charge in [0.1, 0.15) is 0 Å². The van der Waals surface area contributed by atoms with Crippen LogP contribution in [0.1, 0.15) is 26.2 Å². The molecule has 12 heavy (non-hydrogen) atoms. The zero-order chi connectivity index (χ0) is 8.60. The lowest BCUT2D eigenvalue weighted by Gasteiger charge is -2.28. The topological polar surface area (TPSA) is 23.5 Å². The number of allylic oxidation sites excluding steroid dienone is 1. The highest BCUT2D eigenvalue weighted by Crippen LogP contribution is 2.40. The molecule has 2 nitrogen and oxygen atoms in total. The zero-order valence-corrected chi connectivity index (χ0v) is 7.71. The molecule has 0 saturated carbocycles. The van der Waals surface area contributed by atoms with Gasteiger partial charge in [0.05, 0.1) is 6.61 Å². The van der Waals surface area contributed by atoms with Crippen molar-refractivity contribution >= 4 is 0 Å². The first-order chi connectivity index (χ1) is 5.80. The molecule has 2 heterocycles. The molecule has 0 aliphatic carbocycles. The highest BCUT2D eigenvalue weighted by Gasteiger charge is 2.45. The van der Waals surface area contributed by atoms with Crippen molar-refractivity contribution in [1.82, 2.24) is 4.90 Å². The minimum absolute atomic E-state index is 0.141. The molecular formula is C10H17NO. The molecule has 0 aromatic carbocycles. The molecule has 0 aromatic heterocycles. The van der Waals surface area contributed by atoms with Crippen LogP contribution in [0.15, 0.2) is 11.6 Å². The average molecular weight is 167 g/mol. The average Bonchev–Trinajstić information content (AvgIpc) is 2.58. The third-order valence-electron chi connectivity index (χ3n) is 3.39. The van der Waals surface area contributed by atoms with E-state index in [1.807, 2.05) is 0 Å². The van der Waals surface area contributed by atoms with Crippen LogP contribution in [0.2, 0.25) is 0 Å². The molecular weight excluding hydrogens is 150 g/mol. The maximum Gasteiger partial charge on any atom is 0.0618 e. The lowest BCUT2D eigenvalue weighted by molar-refractivity contribution is 0.1000. The third kappa shape index (κ3) is 1.02. The minimum atomic E-state index is 0.141. The first kappa shape index (κ1) is 8.27. The van der Waals surface area contributed by atoms with Crippen LogP contribution < -0.4 is 0 Å². The van der Waals surface area contributed by atoms with E-state index in [1.165, 1.54) is 25.0 Å². The highest BCUT2D eigenvalue weighted by atomic mass is 16.3. The van der Waals surface area contributed by atoms with Crippen molar-refractivity contribution < 1.29 is 5.11 Å². The van der Waals surface area contributed by atoms with Crippen LogP contribution in [0.4, 0.5) is 0 Å². The van der Waals surface area contributed by atoms with E-state index in [0.29, 0.717) is 6.61 Å². The van der Waals surface area contributed by atoms with Crippen molar-refractivity contribution in [3.8, 4) is 0 Å². The fraction of sp³-hybridized carbons (Fsp3) is 0.800. The summed E-state index contributed by atoms with van der Waals surface area (Å²) in [7, 11) is 0. The maximum atomic E-state index is 9.37. The van der Waals surface area contributed by atoms with E-state index in [0.717, 1.165) is 13.0 Å². The Hall–Kier alpha value is -0.340. The van der Waals surface area contributed by atoms with Gasteiger partial charge in [-0.05, 0) is 32.7 Å². The Morgan fingerprint density at radius 3 is 3.08 bits per heavy atom. The van der Waals surface area contributed by atoms with Crippen LogP contribution in [0.25, 0.3) is 0 Å². The van der Waals surface area contributed by atoms with Crippen molar-refractivity contribution in [3.05, 3.63) is 11.6 Å². The molecule has 1 atom stereocenters. The van der Waals surface area contributed by atoms with Crippen LogP contribution in [0.3, 0.4) is 0 Å². The van der Waals surface area contributed by atoms with E-state index in [-0.39, 0.29) is 5.54 Å². The summed E-state index contributed by atoms with van der Waals surface area (Å²) in [5, 5.41) is 9.37. The summed E-state index contributed by atoms with van der Waals surface area (Å²) in [5.41, 5.74) is 1.64. The van der Waals surface area contributed by atoms with E-state index in [1.54, 1.807) is 0 Å². The first-order valence-electron chi connectivity index (χ1n) is 4.81. The van der Waals surface area contributed by atoms with Gasteiger partial charge in [0.25, 0.3) is 0 Å². The number of hydrogen-bond donors (Lipinski definition) is 1. The van der Waals surface area contributed by atoms with Crippen LogP contribution in [0, 0.1) is 0 Å². The second-order valence-electron chi connectivity index (χ2n) is 4.03. The summed E-state index contributed by atoms with van der Waals surface area (Å²) >= 11 is 0. The first-order valence-corrected chi connectivity index (χ1v) is 4.81. The Bertz CT molecular complexity index is 212. The van der Waals surface area contributed by atoms with E-state index < -0.39 is 0 Å². The highest BCUT2D eigenvalue weighted by molar-refractivity contribution is 5.19. The van der Waals surface area contributed by atoms with Gasteiger partial charge in [-0.15, -0.1) is 0 Å². The van der Waals surface area contributed by atoms with Crippen LogP contribution >= 0.6 is 0 Å². The van der Waals surface area contributed by atoms with E-state index in [4.69, 9.17) is 0 Å². The molecule has 0 amide bonds. The lowest BCUT2D eigenvalue weighted by atomic mass is 9.93. The standard InChI is InChI=1S/C10H17NO/c1-2-9-6-10(8-12)4-3-5-11(10)7-9/h2,12H,3-8H2,1H3/b9-2-. The van der Waals surface area contributed by atoms with E-state index in [9.17, 15) is 5.11 Å². The maximum absolute atomic E-state index is 9.37. The van der Waals surface area contributed by atoms with Gasteiger partial charge in [-0.1, -0.05) is 11.6 Å². The summed E-state index contributed by atoms with van der Waals surface area (Å²) in [6.07, 6.45) is 5.74. The fourth-order valence-electron chi connectivity index (χ4n) is 2.59. The van der Waals surface area contributed by atoms with Crippen molar-refractivity contribution in [2.24, 2.45) is 0 Å². The predicted octanol–water partition coefficient (Wildman–Crippen LogP) is 1.16. The SMILES string of the molecule is C/C=C1\CN2CCCC2(CO)C1. The minimum Gasteiger partial charge on any atom is -0.394 e. The summed E-state index contributed by atoms with van der Waals surface area (Å²) in [4.78, 5) is 2.45. The molecule has 2 fully saturated rings. The molecule has 2 heteroatoms. The number of aliphatic hydroxyl groups is 1. The Balaban J connectivity index is 2.20. The van der Waals surface area contributed by atoms with Gasteiger partial charge in [0.2, 0.25) is 0 Å². The molecule has 2 aliphatic heterocycles. The largest absolute Gasteiger partial charge is 0.394 e. The molecule has 2 rings (SSSR count). The molecule has 1 unspecified atom stereocenters. The molecule has 0 bridgehead atoms. The quantitative estimate of drug-likeness (QED) is 0.592. The van der Waals surface area contributed by atoms with E-state index >= 15 is 0 Å². The smallest absolute Gasteiger partial charge is 0.0618 e. The molecule has 0 radical (unpaired) electrons. The van der Waals surface area contributed by atoms with Gasteiger partial charge in [-0.25, -0.2) is 0 Å². The fourth-order valence-corrected chi connectivity index (χ4v) is 2.59. The van der Waals surface area contributed by atoms with Gasteiger partial charge in [0, 0.05) is 12.1 Å². The number of aliphatic hydroxyl groups excluding tert-OH is 1. The second kappa shape index (κ2) is 2.86. The van der Waals surface area contributed by atoms with Gasteiger partial charge < -0.3 is 5.11 Å². The Kier molecular flexibility index (Phi) is 1.97. The van der Waals surface area contributed by atoms with Crippen LogP contribution in [0.5, 0.6) is 0 Å². The van der Waals surface area contributed by atoms with E-state index in [2.05, 4.69) is 17.9 Å². The molecule has 0 spiro atoms. The van der Waals surface area contributed by atoms with Crippen molar-refractivity contribution in [2.45, 2.75) is 31.7 Å². The van der Waals surface area contributed by atoms with Crippen LogP contribution in [-0.4, -0.2) is 35.2 Å². The Morgan fingerprint density at radius 2 is 2.50 bits per heavy atom. The number of nitrogens with zero attached hydrogens (tertiary/aromatic N) is 1. The third-order valence-corrected chi connectivity index (χ3v) is 3.39. The van der Waals surface area contributed by atoms with Crippen molar-refractivity contribution in [1.29, 1.82) is 0 Å². The van der Waals surface area contributed by atoms with Gasteiger partial charge in [0.15, 0.2) is 0 Å². The number of hydrogen-bond acceptors (Lipinski definition) is 2. The number of rotatable bonds is 1. The second-order valence-corrected chi connectivity index (χ2v) is 4.03. The lowest BCUT2D eigenvalue weighted by Crippen LogP contribution is -2.41. The van der Waals surface area contributed by atoms with Gasteiger partial charge in [-0.3, -0.25) is 4.90 Å². The Labute approximate surface area is 73.9 Å². The monoisotopic (exact) mass is 167 g/mol. The Morgan fingerprint density at radius 1 is 1.67 bits per heavy atom.